The SMILES string of the molecule is NC(=O)CCC(N)C(=O)NC(CO)C(=O)NC(Cc1ccccc1)C(=O)NC(Cc1ccccc1)C(=O)O. The van der Waals surface area contributed by atoms with Gasteiger partial charge in [0, 0.05) is 19.3 Å². The molecule has 0 fully saturated rings. The first-order valence-corrected chi connectivity index (χ1v) is 12.0. The van der Waals surface area contributed by atoms with Crippen molar-refractivity contribution in [3.05, 3.63) is 71.8 Å². The molecule has 0 saturated heterocycles. The number of carboxylic acids is 1. The van der Waals surface area contributed by atoms with Crippen LogP contribution in [0.3, 0.4) is 0 Å². The fourth-order valence-electron chi connectivity index (χ4n) is 3.56. The number of benzene rings is 2. The topological polar surface area (TPSA) is 214 Å². The minimum atomic E-state index is -1.45. The van der Waals surface area contributed by atoms with Gasteiger partial charge in [-0.3, -0.25) is 19.2 Å². The second-order valence-electron chi connectivity index (χ2n) is 8.70. The van der Waals surface area contributed by atoms with Crippen LogP contribution in [0.5, 0.6) is 0 Å². The summed E-state index contributed by atoms with van der Waals surface area (Å²) in [4.78, 5) is 61.2. The van der Waals surface area contributed by atoms with Crippen molar-refractivity contribution < 1.29 is 34.2 Å². The summed E-state index contributed by atoms with van der Waals surface area (Å²) in [7, 11) is 0. The van der Waals surface area contributed by atoms with E-state index < -0.39 is 60.4 Å². The Morgan fingerprint density at radius 2 is 1.16 bits per heavy atom. The van der Waals surface area contributed by atoms with E-state index in [4.69, 9.17) is 11.5 Å². The zero-order valence-electron chi connectivity index (χ0n) is 20.7. The highest BCUT2D eigenvalue weighted by Gasteiger charge is 2.30. The van der Waals surface area contributed by atoms with E-state index in [0.29, 0.717) is 11.1 Å². The summed E-state index contributed by atoms with van der Waals surface area (Å²) < 4.78 is 0. The second kappa shape index (κ2) is 15.1. The van der Waals surface area contributed by atoms with Crippen molar-refractivity contribution in [1.29, 1.82) is 0 Å². The summed E-state index contributed by atoms with van der Waals surface area (Å²) in [6, 6.07) is 12.4. The lowest BCUT2D eigenvalue weighted by molar-refractivity contribution is -0.142. The third-order valence-corrected chi connectivity index (χ3v) is 5.67. The molecule has 0 aliphatic heterocycles. The smallest absolute Gasteiger partial charge is 0.326 e. The first-order chi connectivity index (χ1) is 18.1. The molecular weight excluding hydrogens is 494 g/mol. The number of primary amides is 1. The summed E-state index contributed by atoms with van der Waals surface area (Å²) in [6.45, 7) is -0.800. The van der Waals surface area contributed by atoms with E-state index in [1.807, 2.05) is 0 Å². The number of hydrogen-bond donors (Lipinski definition) is 7. The van der Waals surface area contributed by atoms with Crippen LogP contribution < -0.4 is 27.4 Å². The Morgan fingerprint density at radius 3 is 1.63 bits per heavy atom. The predicted octanol–water partition coefficient (Wildman–Crippen LogP) is -1.40. The number of carbonyl (C=O) groups is 5. The molecule has 4 unspecified atom stereocenters. The molecule has 0 aliphatic carbocycles. The fourth-order valence-corrected chi connectivity index (χ4v) is 3.56. The Kier molecular flexibility index (Phi) is 11.9. The summed E-state index contributed by atoms with van der Waals surface area (Å²) in [5.74, 6) is -4.33. The number of hydrogen-bond acceptors (Lipinski definition) is 7. The minimum Gasteiger partial charge on any atom is -0.480 e. The predicted molar refractivity (Wildman–Crippen MR) is 137 cm³/mol. The molecule has 0 spiro atoms. The van der Waals surface area contributed by atoms with Crippen molar-refractivity contribution in [2.45, 2.75) is 49.9 Å². The van der Waals surface area contributed by atoms with E-state index in [1.165, 1.54) is 0 Å². The first-order valence-electron chi connectivity index (χ1n) is 12.0. The van der Waals surface area contributed by atoms with Crippen LogP contribution in [-0.2, 0) is 36.8 Å². The second-order valence-corrected chi connectivity index (χ2v) is 8.70. The van der Waals surface area contributed by atoms with Crippen LogP contribution in [-0.4, -0.2) is 70.6 Å². The zero-order valence-corrected chi connectivity index (χ0v) is 20.7. The average molecular weight is 528 g/mol. The van der Waals surface area contributed by atoms with Gasteiger partial charge in [-0.2, -0.15) is 0 Å². The molecule has 0 heterocycles. The molecule has 0 aliphatic rings. The number of carboxylic acid groups (broad SMARTS) is 1. The van der Waals surface area contributed by atoms with Gasteiger partial charge in [-0.1, -0.05) is 60.7 Å². The van der Waals surface area contributed by atoms with Gasteiger partial charge < -0.3 is 37.6 Å². The molecule has 12 nitrogen and oxygen atoms in total. The molecule has 2 aromatic carbocycles. The molecule has 0 aromatic heterocycles. The highest BCUT2D eigenvalue weighted by Crippen LogP contribution is 2.07. The van der Waals surface area contributed by atoms with Crippen LogP contribution in [0.15, 0.2) is 60.7 Å². The van der Waals surface area contributed by atoms with Gasteiger partial charge in [0.2, 0.25) is 23.6 Å². The van der Waals surface area contributed by atoms with E-state index in [0.717, 1.165) is 0 Å². The van der Waals surface area contributed by atoms with Crippen LogP contribution >= 0.6 is 0 Å². The van der Waals surface area contributed by atoms with Crippen LogP contribution in [0.4, 0.5) is 0 Å². The van der Waals surface area contributed by atoms with Crippen molar-refractivity contribution in [2.24, 2.45) is 11.5 Å². The first kappa shape index (κ1) is 29.9. The number of nitrogens with two attached hydrogens (primary N) is 2. The number of carbonyl (C=O) groups excluding carboxylic acids is 4. The van der Waals surface area contributed by atoms with E-state index in [-0.39, 0.29) is 25.7 Å². The third kappa shape index (κ3) is 9.99. The van der Waals surface area contributed by atoms with Crippen molar-refractivity contribution in [3.63, 3.8) is 0 Å². The van der Waals surface area contributed by atoms with E-state index in [9.17, 15) is 34.2 Å². The summed E-state index contributed by atoms with van der Waals surface area (Å²) in [5.41, 5.74) is 12.1. The molecule has 4 atom stereocenters. The number of aliphatic hydroxyl groups excluding tert-OH is 1. The van der Waals surface area contributed by atoms with Gasteiger partial charge in [-0.05, 0) is 17.5 Å². The van der Waals surface area contributed by atoms with Gasteiger partial charge in [0.1, 0.15) is 18.1 Å². The maximum absolute atomic E-state index is 13.2. The Labute approximate surface area is 219 Å². The Hall–Kier alpha value is -4.29. The number of aliphatic carboxylic acids is 1. The maximum atomic E-state index is 13.2. The van der Waals surface area contributed by atoms with Crippen LogP contribution in [0, 0.1) is 0 Å². The van der Waals surface area contributed by atoms with Gasteiger partial charge >= 0.3 is 5.97 Å². The lowest BCUT2D eigenvalue weighted by Gasteiger charge is -2.24. The number of nitrogens with one attached hydrogen (secondary N) is 3. The van der Waals surface area contributed by atoms with Crippen LogP contribution in [0.2, 0.25) is 0 Å². The quantitative estimate of drug-likeness (QED) is 0.146. The van der Waals surface area contributed by atoms with Gasteiger partial charge in [0.15, 0.2) is 0 Å². The van der Waals surface area contributed by atoms with Crippen molar-refractivity contribution >= 4 is 29.6 Å². The molecule has 0 radical (unpaired) electrons. The Balaban J connectivity index is 2.15. The van der Waals surface area contributed by atoms with Gasteiger partial charge in [-0.15, -0.1) is 0 Å². The van der Waals surface area contributed by atoms with Gasteiger partial charge in [0.05, 0.1) is 12.6 Å². The van der Waals surface area contributed by atoms with Gasteiger partial charge in [0.25, 0.3) is 0 Å². The molecule has 0 bridgehead atoms. The van der Waals surface area contributed by atoms with Crippen LogP contribution in [0.25, 0.3) is 0 Å². The van der Waals surface area contributed by atoms with E-state index in [1.54, 1.807) is 60.7 Å². The van der Waals surface area contributed by atoms with Crippen molar-refractivity contribution in [2.75, 3.05) is 6.61 Å². The minimum absolute atomic E-state index is 0.0142. The normalized spacial score (nSPS) is 13.8. The molecule has 204 valence electrons. The van der Waals surface area contributed by atoms with Crippen molar-refractivity contribution in [1.82, 2.24) is 16.0 Å². The number of rotatable bonds is 15. The molecule has 0 saturated carbocycles. The average Bonchev–Trinajstić information content (AvgIpc) is 2.90. The molecule has 4 amide bonds. The standard InChI is InChI=1S/C26H33N5O7/c27-18(11-12-22(28)33)23(34)31-21(15-32)25(36)29-19(13-16-7-3-1-4-8-16)24(35)30-20(26(37)38)14-17-9-5-2-6-10-17/h1-10,18-21,32H,11-15,27H2,(H2,28,33)(H,29,36)(H,30,35)(H,31,34)(H,37,38). The van der Waals surface area contributed by atoms with Gasteiger partial charge in [-0.25, -0.2) is 4.79 Å². The number of amides is 4. The lowest BCUT2D eigenvalue weighted by Crippen LogP contribution is -2.58. The largest absolute Gasteiger partial charge is 0.480 e. The highest BCUT2D eigenvalue weighted by atomic mass is 16.4. The Bertz CT molecular complexity index is 1100. The summed E-state index contributed by atoms with van der Waals surface area (Å²) in [5, 5.41) is 26.6. The number of aliphatic hydroxyl groups is 1. The van der Waals surface area contributed by atoms with E-state index in [2.05, 4.69) is 16.0 Å². The molecular formula is C26H33N5O7. The lowest BCUT2D eigenvalue weighted by atomic mass is 10.0. The molecule has 2 rings (SSSR count). The Morgan fingerprint density at radius 1 is 0.711 bits per heavy atom. The highest BCUT2D eigenvalue weighted by molar-refractivity contribution is 5.94. The summed E-state index contributed by atoms with van der Waals surface area (Å²) in [6.07, 6.45) is -0.164. The zero-order chi connectivity index (χ0) is 28.1. The maximum Gasteiger partial charge on any atom is 0.326 e. The van der Waals surface area contributed by atoms with Crippen molar-refractivity contribution in [3.8, 4) is 0 Å². The molecule has 38 heavy (non-hydrogen) atoms. The third-order valence-electron chi connectivity index (χ3n) is 5.67. The molecule has 2 aromatic rings. The molecule has 12 heteroatoms. The summed E-state index contributed by atoms with van der Waals surface area (Å²) >= 11 is 0. The monoisotopic (exact) mass is 527 g/mol. The van der Waals surface area contributed by atoms with E-state index >= 15 is 0 Å². The fraction of sp³-hybridized carbons (Fsp3) is 0.346. The molecule has 9 N–H and O–H groups in total. The van der Waals surface area contributed by atoms with Crippen LogP contribution in [0.1, 0.15) is 24.0 Å².